The highest BCUT2D eigenvalue weighted by molar-refractivity contribution is 6.36. The molecular weight excluding hydrogens is 267 g/mol. The number of nitrogens with zero attached hydrogens (tertiary/aromatic N) is 2. The Kier molecular flexibility index (Phi) is 2.90. The Morgan fingerprint density at radius 1 is 0.778 bits per heavy atom. The quantitative estimate of drug-likeness (QED) is 0.648. The average molecular weight is 275 g/mol. The van der Waals surface area contributed by atoms with Crippen LogP contribution in [-0.2, 0) is 0 Å². The van der Waals surface area contributed by atoms with Crippen molar-refractivity contribution in [1.82, 2.24) is 9.97 Å². The van der Waals surface area contributed by atoms with E-state index in [0.717, 1.165) is 11.1 Å². The lowest BCUT2D eigenvalue weighted by atomic mass is 10.1. The highest BCUT2D eigenvalue weighted by Crippen LogP contribution is 2.29. The van der Waals surface area contributed by atoms with Gasteiger partial charge in [0.05, 0.1) is 10.5 Å². The molecule has 0 spiro atoms. The maximum atomic E-state index is 6.18. The molecule has 3 rings (SSSR count). The van der Waals surface area contributed by atoms with Gasteiger partial charge in [-0.05, 0) is 12.1 Å². The van der Waals surface area contributed by atoms with Gasteiger partial charge in [0.2, 0.25) is 0 Å². The van der Waals surface area contributed by atoms with Crippen LogP contribution in [0.5, 0.6) is 0 Å². The molecular formula is C14H8Cl2N2. The van der Waals surface area contributed by atoms with Gasteiger partial charge in [-0.2, -0.15) is 0 Å². The fraction of sp³-hybridized carbons (Fsp3) is 0. The summed E-state index contributed by atoms with van der Waals surface area (Å²) in [4.78, 5) is 8.85. The van der Waals surface area contributed by atoms with E-state index in [0.29, 0.717) is 21.4 Å². The third kappa shape index (κ3) is 1.94. The monoisotopic (exact) mass is 274 g/mol. The summed E-state index contributed by atoms with van der Waals surface area (Å²) in [6, 6.07) is 15.2. The first-order valence-corrected chi connectivity index (χ1v) is 6.18. The topological polar surface area (TPSA) is 25.8 Å². The van der Waals surface area contributed by atoms with Crippen molar-refractivity contribution in [2.45, 2.75) is 0 Å². The molecule has 0 saturated heterocycles. The smallest absolute Gasteiger partial charge is 0.156 e. The molecule has 18 heavy (non-hydrogen) atoms. The molecule has 0 N–H and O–H groups in total. The first-order valence-electron chi connectivity index (χ1n) is 5.43. The molecule has 0 aliphatic heterocycles. The fourth-order valence-electron chi connectivity index (χ4n) is 1.80. The highest BCUT2D eigenvalue weighted by Gasteiger charge is 2.10. The fourth-order valence-corrected chi connectivity index (χ4v) is 2.25. The van der Waals surface area contributed by atoms with Gasteiger partial charge in [0.25, 0.3) is 0 Å². The number of fused-ring (bicyclic) bond motifs is 1. The first kappa shape index (κ1) is 11.5. The second kappa shape index (κ2) is 4.56. The molecule has 88 valence electrons. The Morgan fingerprint density at radius 2 is 1.56 bits per heavy atom. The van der Waals surface area contributed by atoms with Crippen molar-refractivity contribution in [3.05, 3.63) is 58.7 Å². The van der Waals surface area contributed by atoms with Gasteiger partial charge in [-0.1, -0.05) is 59.6 Å². The van der Waals surface area contributed by atoms with E-state index in [2.05, 4.69) is 9.97 Å². The van der Waals surface area contributed by atoms with Crippen molar-refractivity contribution in [3.8, 4) is 11.3 Å². The van der Waals surface area contributed by atoms with E-state index in [-0.39, 0.29) is 0 Å². The highest BCUT2D eigenvalue weighted by atomic mass is 35.5. The van der Waals surface area contributed by atoms with Crippen LogP contribution in [-0.4, -0.2) is 9.97 Å². The summed E-state index contributed by atoms with van der Waals surface area (Å²) in [5.41, 5.74) is 2.98. The number of para-hydroxylation sites is 1. The molecule has 1 heterocycles. The molecule has 4 heteroatoms. The number of hydrogen-bond donors (Lipinski definition) is 0. The molecule has 0 bridgehead atoms. The molecule has 0 atom stereocenters. The second-order valence-electron chi connectivity index (χ2n) is 3.84. The molecule has 0 aliphatic rings. The van der Waals surface area contributed by atoms with Crippen LogP contribution in [0.15, 0.2) is 48.5 Å². The van der Waals surface area contributed by atoms with Crippen molar-refractivity contribution >= 4 is 34.2 Å². The summed E-state index contributed by atoms with van der Waals surface area (Å²) in [6.07, 6.45) is 0. The van der Waals surface area contributed by atoms with Gasteiger partial charge in [0, 0.05) is 5.56 Å². The van der Waals surface area contributed by atoms with E-state index >= 15 is 0 Å². The zero-order chi connectivity index (χ0) is 12.5. The SMILES string of the molecule is Clc1nc2c(Cl)cccc2nc1-c1ccccc1. The molecule has 0 fully saturated rings. The summed E-state index contributed by atoms with van der Waals surface area (Å²) < 4.78 is 0. The van der Waals surface area contributed by atoms with Gasteiger partial charge < -0.3 is 0 Å². The van der Waals surface area contributed by atoms with Crippen LogP contribution in [0.2, 0.25) is 10.2 Å². The van der Waals surface area contributed by atoms with Crippen molar-refractivity contribution in [2.24, 2.45) is 0 Å². The molecule has 1 aromatic heterocycles. The predicted molar refractivity (Wildman–Crippen MR) is 75.0 cm³/mol. The molecule has 0 saturated carbocycles. The zero-order valence-electron chi connectivity index (χ0n) is 9.27. The predicted octanol–water partition coefficient (Wildman–Crippen LogP) is 4.60. The molecule has 0 aliphatic carbocycles. The Balaban J connectivity index is 2.29. The molecule has 2 nitrogen and oxygen atoms in total. The van der Waals surface area contributed by atoms with Gasteiger partial charge in [0.15, 0.2) is 5.15 Å². The summed E-state index contributed by atoms with van der Waals surface area (Å²) in [5.74, 6) is 0. The largest absolute Gasteiger partial charge is 0.243 e. The minimum Gasteiger partial charge on any atom is -0.243 e. The molecule has 0 unspecified atom stereocenters. The number of hydrogen-bond acceptors (Lipinski definition) is 2. The second-order valence-corrected chi connectivity index (χ2v) is 4.60. The van der Waals surface area contributed by atoms with Crippen LogP contribution < -0.4 is 0 Å². The van der Waals surface area contributed by atoms with Crippen molar-refractivity contribution in [1.29, 1.82) is 0 Å². The standard InChI is InChI=1S/C14H8Cl2N2/c15-10-7-4-8-11-13(10)18-14(16)12(17-11)9-5-2-1-3-6-9/h1-8H. The van der Waals surface area contributed by atoms with Crippen LogP contribution in [0, 0.1) is 0 Å². The normalized spacial score (nSPS) is 10.8. The van der Waals surface area contributed by atoms with Gasteiger partial charge >= 0.3 is 0 Å². The molecule has 2 aromatic carbocycles. The van der Waals surface area contributed by atoms with E-state index in [1.54, 1.807) is 6.07 Å². The third-order valence-corrected chi connectivity index (χ3v) is 3.22. The van der Waals surface area contributed by atoms with E-state index in [1.165, 1.54) is 0 Å². The van der Waals surface area contributed by atoms with Crippen LogP contribution in [0.25, 0.3) is 22.3 Å². The van der Waals surface area contributed by atoms with Crippen LogP contribution in [0.3, 0.4) is 0 Å². The lowest BCUT2D eigenvalue weighted by Gasteiger charge is -2.06. The summed E-state index contributed by atoms with van der Waals surface area (Å²) in [5, 5.41) is 0.920. The number of rotatable bonds is 1. The minimum absolute atomic E-state index is 0.363. The van der Waals surface area contributed by atoms with Gasteiger partial charge in [-0.15, -0.1) is 0 Å². The molecule has 0 amide bonds. The van der Waals surface area contributed by atoms with Crippen LogP contribution >= 0.6 is 23.2 Å². The Bertz CT molecular complexity index is 712. The van der Waals surface area contributed by atoms with E-state index in [4.69, 9.17) is 23.2 Å². The van der Waals surface area contributed by atoms with Gasteiger partial charge in [0.1, 0.15) is 11.2 Å². The number of aromatic nitrogens is 2. The maximum absolute atomic E-state index is 6.18. The Labute approximate surface area is 114 Å². The molecule has 0 radical (unpaired) electrons. The van der Waals surface area contributed by atoms with Crippen LogP contribution in [0.1, 0.15) is 0 Å². The first-order chi connectivity index (χ1) is 8.75. The summed E-state index contributed by atoms with van der Waals surface area (Å²) in [6.45, 7) is 0. The third-order valence-electron chi connectivity index (χ3n) is 2.65. The van der Waals surface area contributed by atoms with Crippen molar-refractivity contribution < 1.29 is 0 Å². The van der Waals surface area contributed by atoms with E-state index in [1.807, 2.05) is 42.5 Å². The lowest BCUT2D eigenvalue weighted by Crippen LogP contribution is -1.91. The van der Waals surface area contributed by atoms with E-state index in [9.17, 15) is 0 Å². The van der Waals surface area contributed by atoms with E-state index < -0.39 is 0 Å². The lowest BCUT2D eigenvalue weighted by molar-refractivity contribution is 1.29. The average Bonchev–Trinajstić information content (AvgIpc) is 2.40. The summed E-state index contributed by atoms with van der Waals surface area (Å²) in [7, 11) is 0. The van der Waals surface area contributed by atoms with Gasteiger partial charge in [-0.3, -0.25) is 0 Å². The van der Waals surface area contributed by atoms with Gasteiger partial charge in [-0.25, -0.2) is 9.97 Å². The van der Waals surface area contributed by atoms with Crippen LogP contribution in [0.4, 0.5) is 0 Å². The maximum Gasteiger partial charge on any atom is 0.156 e. The van der Waals surface area contributed by atoms with Crippen molar-refractivity contribution in [3.63, 3.8) is 0 Å². The Morgan fingerprint density at radius 3 is 2.33 bits per heavy atom. The number of benzene rings is 2. The Hall–Kier alpha value is -1.64. The number of halogens is 2. The molecule has 3 aromatic rings. The summed E-state index contributed by atoms with van der Waals surface area (Å²) >= 11 is 12.2. The minimum atomic E-state index is 0.363. The zero-order valence-corrected chi connectivity index (χ0v) is 10.8. The van der Waals surface area contributed by atoms with Crippen molar-refractivity contribution in [2.75, 3.05) is 0 Å².